The number of hydrogen-bond donors (Lipinski definition) is 2. The van der Waals surface area contributed by atoms with Crippen molar-refractivity contribution in [2.75, 3.05) is 18.0 Å². The fourth-order valence-corrected chi connectivity index (χ4v) is 4.43. The van der Waals surface area contributed by atoms with E-state index in [1.807, 2.05) is 10.8 Å². The van der Waals surface area contributed by atoms with Crippen LogP contribution in [0.4, 0.5) is 5.69 Å². The highest BCUT2D eigenvalue weighted by Gasteiger charge is 2.18. The Hall–Kier alpha value is -3.12. The van der Waals surface area contributed by atoms with Crippen molar-refractivity contribution in [2.45, 2.75) is 32.4 Å². The van der Waals surface area contributed by atoms with Gasteiger partial charge in [-0.1, -0.05) is 42.5 Å². The summed E-state index contributed by atoms with van der Waals surface area (Å²) in [5.74, 6) is -0.0818. The summed E-state index contributed by atoms with van der Waals surface area (Å²) in [6.45, 7) is 2.98. The monoisotopic (exact) mass is 433 g/mol. The molecule has 4 rings (SSSR count). The summed E-state index contributed by atoms with van der Waals surface area (Å²) in [5.41, 5.74) is 5.79. The first-order valence-corrected chi connectivity index (χ1v) is 11.6. The highest BCUT2D eigenvalue weighted by Crippen LogP contribution is 2.28. The Morgan fingerprint density at radius 2 is 1.77 bits per heavy atom. The number of benzene rings is 2. The summed E-state index contributed by atoms with van der Waals surface area (Å²) >= 11 is 1.50. The summed E-state index contributed by atoms with van der Waals surface area (Å²) < 4.78 is 0. The third-order valence-electron chi connectivity index (χ3n) is 5.52. The van der Waals surface area contributed by atoms with Crippen LogP contribution in [0.2, 0.25) is 0 Å². The van der Waals surface area contributed by atoms with E-state index >= 15 is 0 Å². The Morgan fingerprint density at radius 1 is 0.968 bits per heavy atom. The van der Waals surface area contributed by atoms with Crippen LogP contribution in [-0.4, -0.2) is 24.9 Å². The summed E-state index contributed by atoms with van der Waals surface area (Å²) in [4.78, 5) is 26.3. The predicted molar refractivity (Wildman–Crippen MR) is 125 cm³/mol. The molecular formula is C25H27N3O2S. The molecule has 0 fully saturated rings. The Balaban J connectivity index is 1.16. The maximum absolute atomic E-state index is 12.1. The molecule has 31 heavy (non-hydrogen) atoms. The predicted octanol–water partition coefficient (Wildman–Crippen LogP) is 4.14. The maximum atomic E-state index is 12.1. The number of carbonyl (C=O) groups is 2. The van der Waals surface area contributed by atoms with Gasteiger partial charge < -0.3 is 15.5 Å². The molecule has 1 aliphatic heterocycles. The van der Waals surface area contributed by atoms with E-state index in [2.05, 4.69) is 64.1 Å². The molecule has 2 N–H and O–H groups in total. The van der Waals surface area contributed by atoms with Gasteiger partial charge in [-0.2, -0.15) is 11.3 Å². The van der Waals surface area contributed by atoms with E-state index in [-0.39, 0.29) is 11.8 Å². The third-order valence-corrected chi connectivity index (χ3v) is 6.20. The van der Waals surface area contributed by atoms with E-state index in [4.69, 9.17) is 0 Å². The van der Waals surface area contributed by atoms with Gasteiger partial charge in [0.15, 0.2) is 0 Å². The van der Waals surface area contributed by atoms with Crippen molar-refractivity contribution < 1.29 is 9.59 Å². The van der Waals surface area contributed by atoms with E-state index < -0.39 is 0 Å². The molecular weight excluding hydrogens is 406 g/mol. The Bertz CT molecular complexity index is 1020. The average Bonchev–Trinajstić information content (AvgIpc) is 3.47. The lowest BCUT2D eigenvalue weighted by Crippen LogP contribution is -2.27. The van der Waals surface area contributed by atoms with Gasteiger partial charge in [-0.05, 0) is 47.0 Å². The van der Waals surface area contributed by atoms with Gasteiger partial charge in [0.25, 0.3) is 5.91 Å². The first kappa shape index (κ1) is 21.1. The number of fused-ring (bicyclic) bond motifs is 1. The van der Waals surface area contributed by atoms with Gasteiger partial charge in [-0.15, -0.1) is 0 Å². The van der Waals surface area contributed by atoms with E-state index in [1.54, 1.807) is 6.07 Å². The largest absolute Gasteiger partial charge is 0.367 e. The fraction of sp³-hybridized carbons (Fsp3) is 0.280. The summed E-state index contributed by atoms with van der Waals surface area (Å²) in [7, 11) is 0. The smallest absolute Gasteiger partial charge is 0.252 e. The van der Waals surface area contributed by atoms with Crippen LogP contribution in [0.5, 0.6) is 0 Å². The summed E-state index contributed by atoms with van der Waals surface area (Å²) in [5, 5.41) is 9.49. The van der Waals surface area contributed by atoms with Crippen molar-refractivity contribution in [2.24, 2.45) is 0 Å². The standard InChI is InChI=1S/C25H27N3O2S/c29-24(6-3-13-26-25(30)22-12-15-31-18-22)27-16-19-7-9-20(10-8-19)17-28-14-11-21-4-1-2-5-23(21)28/h1-2,4-5,7-10,12,15,18H,3,6,11,13-14,16-17H2,(H,26,30)(H,27,29). The molecule has 5 nitrogen and oxygen atoms in total. The van der Waals surface area contributed by atoms with Crippen molar-refractivity contribution in [3.8, 4) is 0 Å². The Morgan fingerprint density at radius 3 is 2.58 bits per heavy atom. The number of rotatable bonds is 9. The molecule has 3 aromatic rings. The SMILES string of the molecule is O=C(CCCNC(=O)c1ccsc1)NCc1ccc(CN2CCc3ccccc32)cc1. The Kier molecular flexibility index (Phi) is 6.99. The number of amides is 2. The van der Waals surface area contributed by atoms with E-state index in [0.717, 1.165) is 25.1 Å². The first-order chi connectivity index (χ1) is 15.2. The van der Waals surface area contributed by atoms with Gasteiger partial charge in [-0.25, -0.2) is 0 Å². The van der Waals surface area contributed by atoms with Crippen molar-refractivity contribution in [1.82, 2.24) is 10.6 Å². The van der Waals surface area contributed by atoms with E-state index in [1.165, 1.54) is 28.2 Å². The molecule has 0 aliphatic carbocycles. The minimum atomic E-state index is -0.0841. The molecule has 0 saturated carbocycles. The van der Waals surface area contributed by atoms with E-state index in [0.29, 0.717) is 31.5 Å². The van der Waals surface area contributed by atoms with Crippen molar-refractivity contribution in [3.05, 3.63) is 87.6 Å². The van der Waals surface area contributed by atoms with Crippen LogP contribution in [0.25, 0.3) is 0 Å². The van der Waals surface area contributed by atoms with Gasteiger partial charge in [0.05, 0.1) is 0 Å². The average molecular weight is 434 g/mol. The second-order valence-electron chi connectivity index (χ2n) is 7.76. The highest BCUT2D eigenvalue weighted by molar-refractivity contribution is 7.08. The van der Waals surface area contributed by atoms with Crippen molar-refractivity contribution in [1.29, 1.82) is 0 Å². The van der Waals surface area contributed by atoms with Crippen LogP contribution in [-0.2, 0) is 24.3 Å². The summed E-state index contributed by atoms with van der Waals surface area (Å²) in [6, 6.07) is 18.8. The quantitative estimate of drug-likeness (QED) is 0.499. The molecule has 0 radical (unpaired) electrons. The molecule has 0 spiro atoms. The normalized spacial score (nSPS) is 12.5. The molecule has 2 amide bonds. The number of thiophene rings is 1. The number of para-hydroxylation sites is 1. The van der Waals surface area contributed by atoms with Gasteiger partial charge >= 0.3 is 0 Å². The van der Waals surface area contributed by atoms with Crippen LogP contribution in [0.15, 0.2) is 65.4 Å². The van der Waals surface area contributed by atoms with E-state index in [9.17, 15) is 9.59 Å². The van der Waals surface area contributed by atoms with Gasteiger partial charge in [0.1, 0.15) is 0 Å². The minimum Gasteiger partial charge on any atom is -0.367 e. The van der Waals surface area contributed by atoms with Crippen molar-refractivity contribution in [3.63, 3.8) is 0 Å². The van der Waals surface area contributed by atoms with Gasteiger partial charge in [0, 0.05) is 49.2 Å². The van der Waals surface area contributed by atoms with Gasteiger partial charge in [-0.3, -0.25) is 9.59 Å². The van der Waals surface area contributed by atoms with Gasteiger partial charge in [0.2, 0.25) is 5.91 Å². The van der Waals surface area contributed by atoms with Crippen LogP contribution >= 0.6 is 11.3 Å². The zero-order chi connectivity index (χ0) is 21.5. The lowest BCUT2D eigenvalue weighted by molar-refractivity contribution is -0.121. The molecule has 1 aliphatic rings. The third kappa shape index (κ3) is 5.73. The number of nitrogens with one attached hydrogen (secondary N) is 2. The van der Waals surface area contributed by atoms with Crippen LogP contribution in [0.1, 0.15) is 39.9 Å². The molecule has 6 heteroatoms. The molecule has 1 aromatic heterocycles. The van der Waals surface area contributed by atoms with Crippen LogP contribution < -0.4 is 15.5 Å². The topological polar surface area (TPSA) is 61.4 Å². The van der Waals surface area contributed by atoms with Crippen LogP contribution in [0.3, 0.4) is 0 Å². The zero-order valence-electron chi connectivity index (χ0n) is 17.5. The zero-order valence-corrected chi connectivity index (χ0v) is 18.3. The lowest BCUT2D eigenvalue weighted by atomic mass is 10.1. The minimum absolute atomic E-state index is 0.00234. The number of anilines is 1. The molecule has 0 unspecified atom stereocenters. The van der Waals surface area contributed by atoms with Crippen molar-refractivity contribution >= 4 is 28.8 Å². The molecule has 0 saturated heterocycles. The molecule has 2 aromatic carbocycles. The summed E-state index contributed by atoms with van der Waals surface area (Å²) in [6.07, 6.45) is 2.13. The Labute approximate surface area is 187 Å². The second kappa shape index (κ2) is 10.3. The number of hydrogen-bond acceptors (Lipinski definition) is 4. The molecule has 0 atom stereocenters. The number of carbonyl (C=O) groups excluding carboxylic acids is 2. The molecule has 0 bridgehead atoms. The number of nitrogens with zero attached hydrogens (tertiary/aromatic N) is 1. The fourth-order valence-electron chi connectivity index (χ4n) is 3.79. The van der Waals surface area contributed by atoms with Crippen LogP contribution in [0, 0.1) is 0 Å². The lowest BCUT2D eigenvalue weighted by Gasteiger charge is -2.19. The molecule has 160 valence electrons. The second-order valence-corrected chi connectivity index (χ2v) is 8.55. The first-order valence-electron chi connectivity index (χ1n) is 10.7. The molecule has 2 heterocycles. The maximum Gasteiger partial charge on any atom is 0.252 e. The highest BCUT2D eigenvalue weighted by atomic mass is 32.1.